The van der Waals surface area contributed by atoms with Gasteiger partial charge in [0.15, 0.2) is 0 Å². The number of nitrogens with one attached hydrogen (secondary N) is 1. The normalized spacial score (nSPS) is 35.2. The first-order valence-electron chi connectivity index (χ1n) is 9.89. The van der Waals surface area contributed by atoms with Gasteiger partial charge in [0.05, 0.1) is 12.2 Å². The summed E-state index contributed by atoms with van der Waals surface area (Å²) in [6, 6.07) is 10.6. The van der Waals surface area contributed by atoms with Crippen LogP contribution >= 0.6 is 0 Å². The Balaban J connectivity index is 1.79. The molecule has 1 heterocycles. The summed E-state index contributed by atoms with van der Waals surface area (Å²) in [6.07, 6.45) is 5.76. The van der Waals surface area contributed by atoms with Crippen molar-refractivity contribution in [3.63, 3.8) is 0 Å². The van der Waals surface area contributed by atoms with Crippen molar-refractivity contribution in [3.05, 3.63) is 35.9 Å². The standard InChI is InChI=1S/C22H33NO2/c1-15(2)21(24)23-22(4)14-18(13-17-8-6-5-7-9-17)25-20-12-16(3)10-11-19(20)22/h5-9,15-16,18-20H,10-14H2,1-4H3,(H,23,24)/t16-,18+,19-,20-,22-/m1/s1. The number of carbonyl (C=O) groups is 1. The maximum absolute atomic E-state index is 12.5. The van der Waals surface area contributed by atoms with Crippen molar-refractivity contribution in [1.82, 2.24) is 5.32 Å². The molecule has 3 rings (SSSR count). The number of fused-ring (bicyclic) bond motifs is 1. The highest BCUT2D eigenvalue weighted by molar-refractivity contribution is 5.78. The summed E-state index contributed by atoms with van der Waals surface area (Å²) in [5, 5.41) is 3.41. The second-order valence-corrected chi connectivity index (χ2v) is 8.78. The van der Waals surface area contributed by atoms with Gasteiger partial charge in [-0.25, -0.2) is 0 Å². The molecule has 0 radical (unpaired) electrons. The molecule has 0 unspecified atom stereocenters. The third-order valence-corrected chi connectivity index (χ3v) is 6.13. The minimum Gasteiger partial charge on any atom is -0.374 e. The van der Waals surface area contributed by atoms with E-state index in [-0.39, 0.29) is 29.6 Å². The minimum atomic E-state index is -0.163. The molecular formula is C22H33NO2. The van der Waals surface area contributed by atoms with Crippen LogP contribution in [0.2, 0.25) is 0 Å². The molecule has 1 amide bonds. The molecule has 1 saturated heterocycles. The maximum Gasteiger partial charge on any atom is 0.222 e. The molecule has 1 aromatic carbocycles. The number of rotatable bonds is 4. The predicted molar refractivity (Wildman–Crippen MR) is 101 cm³/mol. The smallest absolute Gasteiger partial charge is 0.222 e. The molecule has 1 aromatic rings. The Morgan fingerprint density at radius 1 is 1.28 bits per heavy atom. The molecule has 1 aliphatic carbocycles. The Kier molecular flexibility index (Phi) is 5.52. The van der Waals surface area contributed by atoms with Gasteiger partial charge < -0.3 is 10.1 Å². The van der Waals surface area contributed by atoms with Crippen LogP contribution in [0.25, 0.3) is 0 Å². The summed E-state index contributed by atoms with van der Waals surface area (Å²) < 4.78 is 6.55. The monoisotopic (exact) mass is 343 g/mol. The summed E-state index contributed by atoms with van der Waals surface area (Å²) in [4.78, 5) is 12.5. The first-order valence-corrected chi connectivity index (χ1v) is 9.89. The SMILES string of the molecule is CC(C)C(=O)N[C@]1(C)C[C@H](Cc2ccccc2)O[C@@H]2C[C@H](C)CC[C@H]21. The van der Waals surface area contributed by atoms with Crippen molar-refractivity contribution in [2.75, 3.05) is 0 Å². The molecule has 25 heavy (non-hydrogen) atoms. The van der Waals surface area contributed by atoms with Gasteiger partial charge in [-0.2, -0.15) is 0 Å². The Hall–Kier alpha value is -1.35. The molecule has 1 N–H and O–H groups in total. The summed E-state index contributed by atoms with van der Waals surface area (Å²) in [6.45, 7) is 8.52. The van der Waals surface area contributed by atoms with Gasteiger partial charge in [0.2, 0.25) is 5.91 Å². The van der Waals surface area contributed by atoms with E-state index in [1.165, 1.54) is 12.0 Å². The molecule has 138 valence electrons. The van der Waals surface area contributed by atoms with Crippen LogP contribution in [0.15, 0.2) is 30.3 Å². The van der Waals surface area contributed by atoms with E-state index in [0.717, 1.165) is 25.7 Å². The van der Waals surface area contributed by atoms with Crippen LogP contribution in [0.3, 0.4) is 0 Å². The van der Waals surface area contributed by atoms with Gasteiger partial charge >= 0.3 is 0 Å². The lowest BCUT2D eigenvalue weighted by Gasteiger charge is -2.52. The second-order valence-electron chi connectivity index (χ2n) is 8.78. The third-order valence-electron chi connectivity index (χ3n) is 6.13. The number of carbonyl (C=O) groups excluding carboxylic acids is 1. The fourth-order valence-electron chi connectivity index (χ4n) is 4.69. The molecule has 5 atom stereocenters. The van der Waals surface area contributed by atoms with Gasteiger partial charge in [-0.1, -0.05) is 57.5 Å². The van der Waals surface area contributed by atoms with Gasteiger partial charge in [-0.05, 0) is 44.1 Å². The summed E-state index contributed by atoms with van der Waals surface area (Å²) in [7, 11) is 0. The van der Waals surface area contributed by atoms with E-state index in [1.807, 2.05) is 13.8 Å². The summed E-state index contributed by atoms with van der Waals surface area (Å²) >= 11 is 0. The first kappa shape index (κ1) is 18.4. The van der Waals surface area contributed by atoms with E-state index >= 15 is 0 Å². The molecular weight excluding hydrogens is 310 g/mol. The van der Waals surface area contributed by atoms with Crippen molar-refractivity contribution in [1.29, 1.82) is 0 Å². The molecule has 1 saturated carbocycles. The third kappa shape index (κ3) is 4.25. The number of benzene rings is 1. The Labute approximate surface area is 152 Å². The molecule has 3 heteroatoms. The van der Waals surface area contributed by atoms with E-state index in [9.17, 15) is 4.79 Å². The van der Waals surface area contributed by atoms with Gasteiger partial charge in [0.1, 0.15) is 0 Å². The van der Waals surface area contributed by atoms with E-state index in [1.54, 1.807) is 0 Å². The van der Waals surface area contributed by atoms with Gasteiger partial charge in [0.25, 0.3) is 0 Å². The Bertz CT molecular complexity index is 585. The van der Waals surface area contributed by atoms with Crippen LogP contribution in [0.1, 0.15) is 58.9 Å². The molecule has 0 bridgehead atoms. The molecule has 1 aliphatic heterocycles. The topological polar surface area (TPSA) is 38.3 Å². The number of ether oxygens (including phenoxy) is 1. The van der Waals surface area contributed by atoms with E-state index < -0.39 is 0 Å². The maximum atomic E-state index is 12.5. The van der Waals surface area contributed by atoms with Crippen molar-refractivity contribution in [3.8, 4) is 0 Å². The lowest BCUT2D eigenvalue weighted by molar-refractivity contribution is -0.152. The van der Waals surface area contributed by atoms with Crippen LogP contribution in [-0.4, -0.2) is 23.7 Å². The van der Waals surface area contributed by atoms with Crippen LogP contribution in [-0.2, 0) is 16.0 Å². The van der Waals surface area contributed by atoms with Crippen molar-refractivity contribution >= 4 is 5.91 Å². The van der Waals surface area contributed by atoms with Gasteiger partial charge in [-0.3, -0.25) is 4.79 Å². The summed E-state index contributed by atoms with van der Waals surface area (Å²) in [5.41, 5.74) is 1.15. The quantitative estimate of drug-likeness (QED) is 0.882. The van der Waals surface area contributed by atoms with Crippen LogP contribution in [0, 0.1) is 17.8 Å². The van der Waals surface area contributed by atoms with E-state index in [0.29, 0.717) is 11.8 Å². The van der Waals surface area contributed by atoms with E-state index in [2.05, 4.69) is 49.5 Å². The summed E-state index contributed by atoms with van der Waals surface area (Å²) in [5.74, 6) is 1.33. The highest BCUT2D eigenvalue weighted by Gasteiger charge is 2.49. The van der Waals surface area contributed by atoms with Crippen molar-refractivity contribution in [2.45, 2.75) is 77.5 Å². The Morgan fingerprint density at radius 2 is 2.00 bits per heavy atom. The molecule has 3 nitrogen and oxygen atoms in total. The predicted octanol–water partition coefficient (Wildman–Crippen LogP) is 4.35. The first-order chi connectivity index (χ1) is 11.9. The largest absolute Gasteiger partial charge is 0.374 e. The lowest BCUT2D eigenvalue weighted by Crippen LogP contribution is -2.62. The molecule has 2 aliphatic rings. The zero-order valence-electron chi connectivity index (χ0n) is 16.1. The van der Waals surface area contributed by atoms with Gasteiger partial charge in [-0.15, -0.1) is 0 Å². The van der Waals surface area contributed by atoms with Gasteiger partial charge in [0, 0.05) is 17.4 Å². The average molecular weight is 344 g/mol. The molecule has 2 fully saturated rings. The highest BCUT2D eigenvalue weighted by Crippen LogP contribution is 2.44. The molecule has 0 aromatic heterocycles. The molecule has 0 spiro atoms. The zero-order valence-corrected chi connectivity index (χ0v) is 16.1. The number of hydrogen-bond donors (Lipinski definition) is 1. The second kappa shape index (κ2) is 7.49. The van der Waals surface area contributed by atoms with Crippen molar-refractivity contribution in [2.24, 2.45) is 17.8 Å². The lowest BCUT2D eigenvalue weighted by atomic mass is 9.66. The van der Waals surface area contributed by atoms with Crippen LogP contribution < -0.4 is 5.32 Å². The number of amides is 1. The number of hydrogen-bond acceptors (Lipinski definition) is 2. The van der Waals surface area contributed by atoms with E-state index in [4.69, 9.17) is 4.74 Å². The highest BCUT2D eigenvalue weighted by atomic mass is 16.5. The Morgan fingerprint density at radius 3 is 2.68 bits per heavy atom. The van der Waals surface area contributed by atoms with Crippen molar-refractivity contribution < 1.29 is 9.53 Å². The minimum absolute atomic E-state index is 0.0215. The van der Waals surface area contributed by atoms with Crippen LogP contribution in [0.5, 0.6) is 0 Å². The fraction of sp³-hybridized carbons (Fsp3) is 0.682. The zero-order chi connectivity index (χ0) is 18.0. The van der Waals surface area contributed by atoms with Crippen LogP contribution in [0.4, 0.5) is 0 Å². The fourth-order valence-corrected chi connectivity index (χ4v) is 4.69. The average Bonchev–Trinajstić information content (AvgIpc) is 2.54.